The van der Waals surface area contributed by atoms with Crippen LogP contribution in [0.15, 0.2) is 35.4 Å². The van der Waals surface area contributed by atoms with E-state index >= 15 is 0 Å². The second-order valence-corrected chi connectivity index (χ2v) is 5.24. The van der Waals surface area contributed by atoms with Crippen molar-refractivity contribution in [3.63, 3.8) is 0 Å². The van der Waals surface area contributed by atoms with Crippen molar-refractivity contribution in [1.82, 2.24) is 19.8 Å². The van der Waals surface area contributed by atoms with Crippen LogP contribution in [0.25, 0.3) is 10.9 Å². The van der Waals surface area contributed by atoms with Crippen LogP contribution in [0.5, 0.6) is 0 Å². The van der Waals surface area contributed by atoms with Crippen molar-refractivity contribution in [2.45, 2.75) is 13.0 Å². The van der Waals surface area contributed by atoms with Gasteiger partial charge < -0.3 is 10.2 Å². The minimum Gasteiger partial charge on any atom is -0.353 e. The molecule has 0 radical (unpaired) electrons. The number of rotatable bonds is 5. The molecule has 6 nitrogen and oxygen atoms in total. The van der Waals surface area contributed by atoms with E-state index in [2.05, 4.69) is 10.3 Å². The summed E-state index contributed by atoms with van der Waals surface area (Å²) in [4.78, 5) is 30.7. The highest BCUT2D eigenvalue weighted by Crippen LogP contribution is 2.08. The molecule has 2 rings (SSSR count). The van der Waals surface area contributed by atoms with Crippen LogP contribution in [0.3, 0.4) is 0 Å². The Labute approximate surface area is 123 Å². The first-order valence-corrected chi connectivity index (χ1v) is 6.89. The zero-order valence-electron chi connectivity index (χ0n) is 12.5. The summed E-state index contributed by atoms with van der Waals surface area (Å²) in [5.41, 5.74) is 0.440. The molecule has 0 bridgehead atoms. The van der Waals surface area contributed by atoms with E-state index in [1.165, 1.54) is 10.9 Å². The number of carbonyl (C=O) groups excluding carboxylic acids is 1. The fourth-order valence-electron chi connectivity index (χ4n) is 2.04. The maximum Gasteiger partial charge on any atom is 0.261 e. The second-order valence-electron chi connectivity index (χ2n) is 5.24. The normalized spacial score (nSPS) is 12.6. The summed E-state index contributed by atoms with van der Waals surface area (Å²) in [5, 5.41) is 3.34. The Bertz CT molecular complexity index is 693. The molecule has 0 saturated heterocycles. The number of para-hydroxylation sites is 1. The molecule has 0 aliphatic carbocycles. The van der Waals surface area contributed by atoms with Crippen LogP contribution in [0.2, 0.25) is 0 Å². The number of nitrogens with one attached hydrogen (secondary N) is 1. The van der Waals surface area contributed by atoms with Gasteiger partial charge in [0.25, 0.3) is 5.56 Å². The largest absolute Gasteiger partial charge is 0.353 e. The van der Waals surface area contributed by atoms with Crippen molar-refractivity contribution in [3.05, 3.63) is 40.9 Å². The van der Waals surface area contributed by atoms with Crippen LogP contribution in [0.1, 0.15) is 13.0 Å². The lowest BCUT2D eigenvalue weighted by Crippen LogP contribution is -2.38. The van der Waals surface area contributed by atoms with Gasteiger partial charge in [-0.2, -0.15) is 0 Å². The molecule has 0 saturated carbocycles. The van der Waals surface area contributed by atoms with Crippen molar-refractivity contribution in [3.8, 4) is 0 Å². The van der Waals surface area contributed by atoms with E-state index in [1.807, 2.05) is 25.1 Å². The van der Waals surface area contributed by atoms with Crippen molar-refractivity contribution in [1.29, 1.82) is 0 Å². The number of likely N-dealkylation sites (N-methyl/N-ethyl adjacent to an activating group) is 1. The Hall–Kier alpha value is -2.21. The standard InChI is InChI=1S/C15H20N4O2/c1-11(14(20)16-8-9-18(2)3)19-10-17-13-7-5-4-6-12(13)15(19)21/h4-7,10-11H,8-9H2,1-3H3,(H,16,20). The molecule has 0 aliphatic rings. The molecule has 21 heavy (non-hydrogen) atoms. The predicted octanol–water partition coefficient (Wildman–Crippen LogP) is 0.635. The fourth-order valence-corrected chi connectivity index (χ4v) is 2.04. The van der Waals surface area contributed by atoms with Gasteiger partial charge in [0.1, 0.15) is 6.04 Å². The Morgan fingerprint density at radius 2 is 2.10 bits per heavy atom. The van der Waals surface area contributed by atoms with Crippen molar-refractivity contribution in [2.24, 2.45) is 0 Å². The Kier molecular flexibility index (Phi) is 4.70. The lowest BCUT2D eigenvalue weighted by atomic mass is 10.2. The van der Waals surface area contributed by atoms with Crippen LogP contribution in [-0.2, 0) is 4.79 Å². The minimum atomic E-state index is -0.586. The first-order valence-electron chi connectivity index (χ1n) is 6.89. The topological polar surface area (TPSA) is 67.2 Å². The molecule has 1 atom stereocenters. The van der Waals surface area contributed by atoms with E-state index in [0.717, 1.165) is 6.54 Å². The first-order chi connectivity index (χ1) is 10.0. The second kappa shape index (κ2) is 6.49. The molecule has 1 unspecified atom stereocenters. The van der Waals surface area contributed by atoms with Gasteiger partial charge in [-0.15, -0.1) is 0 Å². The van der Waals surface area contributed by atoms with E-state index < -0.39 is 6.04 Å². The van der Waals surface area contributed by atoms with Crippen LogP contribution >= 0.6 is 0 Å². The first kappa shape index (κ1) is 15.2. The summed E-state index contributed by atoms with van der Waals surface area (Å²) in [6, 6.07) is 6.53. The molecule has 0 fully saturated rings. The van der Waals surface area contributed by atoms with Gasteiger partial charge in [-0.3, -0.25) is 14.2 Å². The minimum absolute atomic E-state index is 0.184. The lowest BCUT2D eigenvalue weighted by Gasteiger charge is -2.16. The van der Waals surface area contributed by atoms with E-state index in [4.69, 9.17) is 0 Å². The lowest BCUT2D eigenvalue weighted by molar-refractivity contribution is -0.123. The average Bonchev–Trinajstić information content (AvgIpc) is 2.47. The molecule has 0 spiro atoms. The molecule has 1 heterocycles. The van der Waals surface area contributed by atoms with Gasteiger partial charge in [0.05, 0.1) is 17.2 Å². The summed E-state index contributed by atoms with van der Waals surface area (Å²) in [6.07, 6.45) is 1.43. The number of amides is 1. The molecule has 1 N–H and O–H groups in total. The van der Waals surface area contributed by atoms with Gasteiger partial charge in [0.2, 0.25) is 5.91 Å². The highest BCUT2D eigenvalue weighted by atomic mass is 16.2. The van der Waals surface area contributed by atoms with E-state index in [-0.39, 0.29) is 11.5 Å². The maximum atomic E-state index is 12.4. The molecular weight excluding hydrogens is 268 g/mol. The highest BCUT2D eigenvalue weighted by molar-refractivity contribution is 5.81. The zero-order valence-corrected chi connectivity index (χ0v) is 12.5. The Balaban J connectivity index is 2.19. The van der Waals surface area contributed by atoms with E-state index in [1.54, 1.807) is 25.1 Å². The summed E-state index contributed by atoms with van der Waals surface area (Å²) >= 11 is 0. The molecule has 112 valence electrons. The number of carbonyl (C=O) groups is 1. The van der Waals surface area contributed by atoms with Gasteiger partial charge in [-0.1, -0.05) is 12.1 Å². The molecule has 1 aromatic carbocycles. The SMILES string of the molecule is CC(C(=O)NCCN(C)C)n1cnc2ccccc2c1=O. The van der Waals surface area contributed by atoms with Crippen LogP contribution in [0.4, 0.5) is 0 Å². The Morgan fingerprint density at radius 3 is 2.81 bits per heavy atom. The average molecular weight is 288 g/mol. The van der Waals surface area contributed by atoms with Gasteiger partial charge in [0, 0.05) is 13.1 Å². The van der Waals surface area contributed by atoms with Crippen LogP contribution in [0, 0.1) is 0 Å². The van der Waals surface area contributed by atoms with Crippen LogP contribution in [-0.4, -0.2) is 47.5 Å². The van der Waals surface area contributed by atoms with Gasteiger partial charge in [0.15, 0.2) is 0 Å². The molecule has 2 aromatic rings. The smallest absolute Gasteiger partial charge is 0.261 e. The van der Waals surface area contributed by atoms with Gasteiger partial charge in [-0.25, -0.2) is 4.98 Å². The van der Waals surface area contributed by atoms with Crippen molar-refractivity contribution < 1.29 is 4.79 Å². The third-order valence-electron chi connectivity index (χ3n) is 3.35. The van der Waals surface area contributed by atoms with Gasteiger partial charge in [-0.05, 0) is 33.2 Å². The highest BCUT2D eigenvalue weighted by Gasteiger charge is 2.17. The zero-order chi connectivity index (χ0) is 15.4. The third kappa shape index (κ3) is 3.46. The summed E-state index contributed by atoms with van der Waals surface area (Å²) in [6.45, 7) is 3.00. The van der Waals surface area contributed by atoms with Crippen molar-refractivity contribution in [2.75, 3.05) is 27.2 Å². The number of fused-ring (bicyclic) bond motifs is 1. The number of benzene rings is 1. The van der Waals surface area contributed by atoms with E-state index in [9.17, 15) is 9.59 Å². The fraction of sp³-hybridized carbons (Fsp3) is 0.400. The quantitative estimate of drug-likeness (QED) is 0.876. The molecule has 0 aliphatic heterocycles. The number of hydrogen-bond acceptors (Lipinski definition) is 4. The van der Waals surface area contributed by atoms with Crippen LogP contribution < -0.4 is 10.9 Å². The summed E-state index contributed by atoms with van der Waals surface area (Å²) in [7, 11) is 3.88. The summed E-state index contributed by atoms with van der Waals surface area (Å²) in [5.74, 6) is -0.184. The number of hydrogen-bond donors (Lipinski definition) is 1. The monoisotopic (exact) mass is 288 g/mol. The Morgan fingerprint density at radius 1 is 1.38 bits per heavy atom. The molecule has 1 aromatic heterocycles. The molecule has 6 heteroatoms. The van der Waals surface area contributed by atoms with E-state index in [0.29, 0.717) is 17.4 Å². The summed E-state index contributed by atoms with van der Waals surface area (Å²) < 4.78 is 1.37. The van der Waals surface area contributed by atoms with Crippen molar-refractivity contribution >= 4 is 16.8 Å². The number of nitrogens with zero attached hydrogens (tertiary/aromatic N) is 3. The van der Waals surface area contributed by atoms with Gasteiger partial charge >= 0.3 is 0 Å². The maximum absolute atomic E-state index is 12.4. The third-order valence-corrected chi connectivity index (χ3v) is 3.35. The molecular formula is C15H20N4O2. The number of aromatic nitrogens is 2. The molecule has 1 amide bonds. The predicted molar refractivity (Wildman–Crippen MR) is 82.3 cm³/mol.